The van der Waals surface area contributed by atoms with E-state index in [9.17, 15) is 9.59 Å². The molecule has 3 aliphatic rings. The van der Waals surface area contributed by atoms with Crippen LogP contribution in [0.25, 0.3) is 0 Å². The van der Waals surface area contributed by atoms with Crippen molar-refractivity contribution >= 4 is 11.8 Å². The van der Waals surface area contributed by atoms with Gasteiger partial charge >= 0.3 is 0 Å². The van der Waals surface area contributed by atoms with E-state index in [4.69, 9.17) is 4.74 Å². The number of hydrogen-bond donors (Lipinski definition) is 1. The second-order valence-corrected chi connectivity index (χ2v) is 10.6. The molecule has 1 N–H and O–H groups in total. The lowest BCUT2D eigenvalue weighted by Crippen LogP contribution is -2.42. The lowest BCUT2D eigenvalue weighted by Gasteiger charge is -2.38. The van der Waals surface area contributed by atoms with E-state index in [1.165, 1.54) is 24.0 Å². The summed E-state index contributed by atoms with van der Waals surface area (Å²) in [5.74, 6) is 1.07. The highest BCUT2D eigenvalue weighted by Crippen LogP contribution is 2.41. The molecule has 0 spiro atoms. The zero-order valence-electron chi connectivity index (χ0n) is 21.7. The molecular weight excluding hydrogens is 450 g/mol. The topological polar surface area (TPSA) is 61.9 Å². The molecule has 2 aromatic rings. The average molecular weight is 490 g/mol. The zero-order chi connectivity index (χ0) is 25.1. The Morgan fingerprint density at radius 1 is 1.06 bits per heavy atom. The standard InChI is InChI=1S/C30H39N3O3/c1-3-27(29(34)31-15-19-32-16-4-5-17-32)36-25-13-12-22-14-18-33(30(35)24-10-11-24)28(26(22)20-25)23-8-6-21(2)7-9-23/h6-9,12-13,20,24,27-28H,3-5,10-11,14-19H2,1-2H3,(H,31,34)/t27-,28-/m1/s1. The summed E-state index contributed by atoms with van der Waals surface area (Å²) in [6.07, 6.45) is 5.40. The lowest BCUT2D eigenvalue weighted by molar-refractivity contribution is -0.134. The summed E-state index contributed by atoms with van der Waals surface area (Å²) >= 11 is 0. The molecule has 0 bridgehead atoms. The average Bonchev–Trinajstić information content (AvgIpc) is 3.62. The number of likely N-dealkylation sites (tertiary alicyclic amines) is 1. The predicted molar refractivity (Wildman–Crippen MR) is 141 cm³/mol. The van der Waals surface area contributed by atoms with E-state index in [1.54, 1.807) is 0 Å². The van der Waals surface area contributed by atoms with Crippen molar-refractivity contribution in [2.75, 3.05) is 32.7 Å². The minimum Gasteiger partial charge on any atom is -0.481 e. The van der Waals surface area contributed by atoms with Gasteiger partial charge in [0.1, 0.15) is 5.75 Å². The molecule has 0 unspecified atom stereocenters. The normalized spacial score (nSPS) is 20.6. The van der Waals surface area contributed by atoms with Gasteiger partial charge < -0.3 is 19.9 Å². The summed E-state index contributed by atoms with van der Waals surface area (Å²) in [5, 5.41) is 3.07. The molecule has 6 heteroatoms. The number of ether oxygens (including phenoxy) is 1. The number of carbonyl (C=O) groups excluding carboxylic acids is 2. The van der Waals surface area contributed by atoms with Crippen molar-refractivity contribution in [2.24, 2.45) is 5.92 Å². The van der Waals surface area contributed by atoms with Crippen molar-refractivity contribution in [3.05, 3.63) is 64.7 Å². The van der Waals surface area contributed by atoms with Gasteiger partial charge in [0.05, 0.1) is 6.04 Å². The minimum absolute atomic E-state index is 0.0601. The molecule has 0 radical (unpaired) electrons. The van der Waals surface area contributed by atoms with Crippen LogP contribution >= 0.6 is 0 Å². The van der Waals surface area contributed by atoms with Crippen LogP contribution in [-0.4, -0.2) is 60.4 Å². The third-order valence-electron chi connectivity index (χ3n) is 7.82. The largest absolute Gasteiger partial charge is 0.481 e. The van der Waals surface area contributed by atoms with Crippen molar-refractivity contribution in [1.82, 2.24) is 15.1 Å². The van der Waals surface area contributed by atoms with Crippen LogP contribution in [0.3, 0.4) is 0 Å². The van der Waals surface area contributed by atoms with Crippen molar-refractivity contribution in [3.8, 4) is 5.75 Å². The molecule has 1 saturated heterocycles. The Kier molecular flexibility index (Phi) is 7.61. The third kappa shape index (κ3) is 5.59. The number of aryl methyl sites for hydroxylation is 1. The molecule has 5 rings (SSSR count). The van der Waals surface area contributed by atoms with E-state index >= 15 is 0 Å². The molecule has 2 aromatic carbocycles. The van der Waals surface area contributed by atoms with Gasteiger partial charge in [0.25, 0.3) is 5.91 Å². The fourth-order valence-electron chi connectivity index (χ4n) is 5.52. The van der Waals surface area contributed by atoms with Gasteiger partial charge in [0.2, 0.25) is 5.91 Å². The first-order valence-corrected chi connectivity index (χ1v) is 13.7. The Balaban J connectivity index is 1.34. The van der Waals surface area contributed by atoms with Crippen molar-refractivity contribution in [1.29, 1.82) is 0 Å². The molecule has 1 aliphatic carbocycles. The number of fused-ring (bicyclic) bond motifs is 1. The molecule has 2 fully saturated rings. The Morgan fingerprint density at radius 2 is 1.81 bits per heavy atom. The summed E-state index contributed by atoms with van der Waals surface area (Å²) in [6.45, 7) is 8.59. The maximum Gasteiger partial charge on any atom is 0.261 e. The van der Waals surface area contributed by atoms with Gasteiger partial charge in [-0.15, -0.1) is 0 Å². The van der Waals surface area contributed by atoms with Gasteiger partial charge in [-0.2, -0.15) is 0 Å². The van der Waals surface area contributed by atoms with E-state index < -0.39 is 6.10 Å². The van der Waals surface area contributed by atoms with Crippen LogP contribution in [0.5, 0.6) is 5.75 Å². The van der Waals surface area contributed by atoms with Crippen LogP contribution in [0, 0.1) is 12.8 Å². The third-order valence-corrected chi connectivity index (χ3v) is 7.82. The van der Waals surface area contributed by atoms with Gasteiger partial charge in [-0.3, -0.25) is 9.59 Å². The molecule has 6 nitrogen and oxygen atoms in total. The second-order valence-electron chi connectivity index (χ2n) is 10.6. The fraction of sp³-hybridized carbons (Fsp3) is 0.533. The summed E-state index contributed by atoms with van der Waals surface area (Å²) in [7, 11) is 0. The maximum absolute atomic E-state index is 13.3. The van der Waals surface area contributed by atoms with E-state index in [0.29, 0.717) is 18.7 Å². The molecule has 192 valence electrons. The smallest absolute Gasteiger partial charge is 0.261 e. The molecule has 2 aliphatic heterocycles. The summed E-state index contributed by atoms with van der Waals surface area (Å²) in [5.41, 5.74) is 4.68. The van der Waals surface area contributed by atoms with Crippen molar-refractivity contribution in [2.45, 2.75) is 64.5 Å². The minimum atomic E-state index is -0.535. The van der Waals surface area contributed by atoms with Gasteiger partial charge in [0.15, 0.2) is 6.10 Å². The maximum atomic E-state index is 13.3. The van der Waals surface area contributed by atoms with Crippen LogP contribution in [0.1, 0.15) is 67.3 Å². The monoisotopic (exact) mass is 489 g/mol. The highest BCUT2D eigenvalue weighted by atomic mass is 16.5. The second kappa shape index (κ2) is 11.0. The zero-order valence-corrected chi connectivity index (χ0v) is 21.7. The Hall–Kier alpha value is -2.86. The first-order chi connectivity index (χ1) is 17.5. The number of nitrogens with zero attached hydrogens (tertiary/aromatic N) is 2. The van der Waals surface area contributed by atoms with Crippen LogP contribution in [0.2, 0.25) is 0 Å². The van der Waals surface area contributed by atoms with E-state index in [2.05, 4.69) is 58.4 Å². The highest BCUT2D eigenvalue weighted by Gasteiger charge is 2.39. The van der Waals surface area contributed by atoms with Gasteiger partial charge in [-0.25, -0.2) is 0 Å². The first-order valence-electron chi connectivity index (χ1n) is 13.7. The number of benzene rings is 2. The summed E-state index contributed by atoms with van der Waals surface area (Å²) in [4.78, 5) is 30.6. The number of rotatable bonds is 9. The molecule has 1 saturated carbocycles. The van der Waals surface area contributed by atoms with Crippen LogP contribution < -0.4 is 10.1 Å². The van der Waals surface area contributed by atoms with E-state index in [-0.39, 0.29) is 23.8 Å². The Bertz CT molecular complexity index is 1070. The molecule has 36 heavy (non-hydrogen) atoms. The molecular formula is C30H39N3O3. The Morgan fingerprint density at radius 3 is 2.50 bits per heavy atom. The lowest BCUT2D eigenvalue weighted by atomic mass is 9.87. The number of nitrogens with one attached hydrogen (secondary N) is 1. The molecule has 0 aromatic heterocycles. The molecule has 2 heterocycles. The van der Waals surface area contributed by atoms with Gasteiger partial charge in [-0.1, -0.05) is 42.8 Å². The van der Waals surface area contributed by atoms with Crippen molar-refractivity contribution < 1.29 is 14.3 Å². The first kappa shape index (κ1) is 24.8. The summed E-state index contributed by atoms with van der Waals surface area (Å²) in [6, 6.07) is 14.5. The SMILES string of the molecule is CC[C@@H](Oc1ccc2c(c1)[C@@H](c1ccc(C)cc1)N(C(=O)C1CC1)CC2)C(=O)NCCN1CCCC1. The number of hydrogen-bond acceptors (Lipinski definition) is 4. The predicted octanol–water partition coefficient (Wildman–Crippen LogP) is 4.25. The quantitative estimate of drug-likeness (QED) is 0.572. The highest BCUT2D eigenvalue weighted by molar-refractivity contribution is 5.82. The molecule has 2 amide bonds. The molecule has 2 atom stereocenters. The van der Waals surface area contributed by atoms with Gasteiger partial charge in [0, 0.05) is 25.6 Å². The van der Waals surface area contributed by atoms with E-state index in [0.717, 1.165) is 56.6 Å². The van der Waals surface area contributed by atoms with Crippen LogP contribution in [0.15, 0.2) is 42.5 Å². The Labute approximate surface area is 215 Å². The number of amides is 2. The van der Waals surface area contributed by atoms with Crippen LogP contribution in [-0.2, 0) is 16.0 Å². The van der Waals surface area contributed by atoms with Gasteiger partial charge in [-0.05, 0) is 87.4 Å². The van der Waals surface area contributed by atoms with Crippen molar-refractivity contribution in [3.63, 3.8) is 0 Å². The van der Waals surface area contributed by atoms with Crippen LogP contribution in [0.4, 0.5) is 0 Å². The number of carbonyl (C=O) groups is 2. The summed E-state index contributed by atoms with van der Waals surface area (Å²) < 4.78 is 6.24. The fourth-order valence-corrected chi connectivity index (χ4v) is 5.52. The van der Waals surface area contributed by atoms with E-state index in [1.807, 2.05) is 13.0 Å².